The number of hydrogen-bond donors (Lipinski definition) is 0. The van der Waals surface area contributed by atoms with Gasteiger partial charge >= 0.3 is 5.97 Å². The zero-order valence-electron chi connectivity index (χ0n) is 18.8. The van der Waals surface area contributed by atoms with Gasteiger partial charge in [0.05, 0.1) is 24.8 Å². The number of ether oxygens (including phenoxy) is 2. The average molecular weight is 465 g/mol. The van der Waals surface area contributed by atoms with Crippen LogP contribution in [0.4, 0.5) is 5.95 Å². The normalized spacial score (nSPS) is 11.0. The number of aromatic nitrogens is 3. The van der Waals surface area contributed by atoms with Gasteiger partial charge in [0.2, 0.25) is 5.95 Å². The van der Waals surface area contributed by atoms with Crippen LogP contribution in [-0.2, 0) is 15.9 Å². The Morgan fingerprint density at radius 1 is 1.12 bits per heavy atom. The van der Waals surface area contributed by atoms with Crippen molar-refractivity contribution in [2.24, 2.45) is 0 Å². The smallest absolute Gasteiger partial charge is 0.338 e. The zero-order chi connectivity index (χ0) is 23.4. The first-order valence-electron chi connectivity index (χ1n) is 10.5. The predicted molar refractivity (Wildman–Crippen MR) is 130 cm³/mol. The molecule has 7 nitrogen and oxygen atoms in total. The van der Waals surface area contributed by atoms with Gasteiger partial charge in [0.25, 0.3) is 0 Å². The van der Waals surface area contributed by atoms with E-state index in [2.05, 4.69) is 29.2 Å². The van der Waals surface area contributed by atoms with Crippen LogP contribution in [-0.4, -0.2) is 54.9 Å². The first-order chi connectivity index (χ1) is 16.0. The number of methoxy groups -OCH3 is 2. The van der Waals surface area contributed by atoms with E-state index in [1.165, 1.54) is 7.11 Å². The van der Waals surface area contributed by atoms with Crippen LogP contribution < -0.4 is 4.90 Å². The fourth-order valence-electron chi connectivity index (χ4n) is 3.71. The van der Waals surface area contributed by atoms with Crippen molar-refractivity contribution >= 4 is 34.4 Å². The zero-order valence-corrected chi connectivity index (χ0v) is 19.5. The van der Waals surface area contributed by atoms with Crippen LogP contribution in [0.1, 0.15) is 21.5 Å². The quantitative estimate of drug-likeness (QED) is 0.357. The molecule has 0 aliphatic rings. The number of likely N-dealkylation sites (N-methyl/N-ethyl adjacent to an activating group) is 1. The van der Waals surface area contributed by atoms with Gasteiger partial charge in [-0.15, -0.1) is 0 Å². The summed E-state index contributed by atoms with van der Waals surface area (Å²) in [6.07, 6.45) is 4.35. The maximum Gasteiger partial charge on any atom is 0.338 e. The predicted octanol–water partition coefficient (Wildman–Crippen LogP) is 4.53. The van der Waals surface area contributed by atoms with Crippen LogP contribution in [0.3, 0.4) is 0 Å². The lowest BCUT2D eigenvalue weighted by Gasteiger charge is -2.17. The Labute approximate surface area is 197 Å². The molecule has 0 atom stereocenters. The van der Waals surface area contributed by atoms with Crippen LogP contribution in [0.15, 0.2) is 60.9 Å². The third kappa shape index (κ3) is 4.99. The fraction of sp³-hybridized carbons (Fsp3) is 0.240. The van der Waals surface area contributed by atoms with Crippen molar-refractivity contribution in [1.29, 1.82) is 0 Å². The molecule has 33 heavy (non-hydrogen) atoms. The number of carbonyl (C=O) groups excluding carboxylic acids is 1. The molecule has 0 aliphatic carbocycles. The Hall–Kier alpha value is -3.42. The summed E-state index contributed by atoms with van der Waals surface area (Å²) in [5, 5.41) is 1.58. The van der Waals surface area contributed by atoms with E-state index >= 15 is 0 Å². The molecule has 0 fully saturated rings. The molecule has 0 amide bonds. The highest BCUT2D eigenvalue weighted by atomic mass is 35.5. The van der Waals surface area contributed by atoms with Crippen molar-refractivity contribution < 1.29 is 14.3 Å². The topological polar surface area (TPSA) is 69.5 Å². The Morgan fingerprint density at radius 3 is 2.76 bits per heavy atom. The highest BCUT2D eigenvalue weighted by molar-refractivity contribution is 6.31. The van der Waals surface area contributed by atoms with Gasteiger partial charge in [-0.25, -0.2) is 9.78 Å². The van der Waals surface area contributed by atoms with Gasteiger partial charge in [0.1, 0.15) is 5.82 Å². The minimum absolute atomic E-state index is 0.394. The summed E-state index contributed by atoms with van der Waals surface area (Å²) in [4.78, 5) is 23.2. The number of nitrogens with zero attached hydrogens (tertiary/aromatic N) is 4. The molecule has 0 aliphatic heterocycles. The van der Waals surface area contributed by atoms with Crippen LogP contribution in [0.25, 0.3) is 16.7 Å². The number of fused-ring (bicyclic) bond motifs is 1. The van der Waals surface area contributed by atoms with E-state index in [0.717, 1.165) is 27.8 Å². The standard InChI is InChI=1S/C25H25ClN4O3/c1-29(12-13-32-2)25-27-10-8-23(28-25)30-11-9-19-15-17(4-7-22(19)30)14-18-5-6-20(26)16-21(18)24(31)33-3/h4-11,15-16H,12-14H2,1-3H3. The largest absolute Gasteiger partial charge is 0.465 e. The molecule has 2 aromatic heterocycles. The summed E-state index contributed by atoms with van der Waals surface area (Å²) >= 11 is 6.09. The minimum atomic E-state index is -0.394. The van der Waals surface area contributed by atoms with Crippen molar-refractivity contribution in [1.82, 2.24) is 14.5 Å². The fourth-order valence-corrected chi connectivity index (χ4v) is 3.88. The molecular weight excluding hydrogens is 440 g/mol. The lowest BCUT2D eigenvalue weighted by molar-refractivity contribution is 0.0599. The number of rotatable bonds is 8. The summed E-state index contributed by atoms with van der Waals surface area (Å²) < 4.78 is 12.1. The van der Waals surface area contributed by atoms with Crippen LogP contribution in [0.2, 0.25) is 5.02 Å². The Bertz CT molecular complexity index is 1290. The van der Waals surface area contributed by atoms with E-state index in [1.807, 2.05) is 34.8 Å². The van der Waals surface area contributed by atoms with Gasteiger partial charge < -0.3 is 18.9 Å². The molecule has 4 rings (SSSR count). The lowest BCUT2D eigenvalue weighted by atomic mass is 9.99. The second-order valence-corrected chi connectivity index (χ2v) is 8.11. The number of halogens is 1. The Kier molecular flexibility index (Phi) is 6.91. The number of carbonyl (C=O) groups is 1. The molecule has 170 valence electrons. The number of hydrogen-bond acceptors (Lipinski definition) is 6. The summed E-state index contributed by atoms with van der Waals surface area (Å²) in [5.74, 6) is 1.04. The van der Waals surface area contributed by atoms with Gasteiger partial charge in [-0.2, -0.15) is 4.98 Å². The van der Waals surface area contributed by atoms with E-state index in [1.54, 1.807) is 25.4 Å². The van der Waals surface area contributed by atoms with E-state index in [0.29, 0.717) is 36.1 Å². The molecule has 2 aromatic carbocycles. The molecule has 0 saturated heterocycles. The molecule has 0 N–H and O–H groups in total. The van der Waals surface area contributed by atoms with Gasteiger partial charge in [-0.05, 0) is 53.9 Å². The maximum atomic E-state index is 12.2. The van der Waals surface area contributed by atoms with E-state index in [4.69, 9.17) is 26.1 Å². The second kappa shape index (κ2) is 10.0. The number of esters is 1. The highest BCUT2D eigenvalue weighted by Gasteiger charge is 2.14. The number of benzene rings is 2. The molecular formula is C25H25ClN4O3. The third-order valence-electron chi connectivity index (χ3n) is 5.47. The van der Waals surface area contributed by atoms with Crippen molar-refractivity contribution in [3.63, 3.8) is 0 Å². The summed E-state index contributed by atoms with van der Waals surface area (Å²) in [5.41, 5.74) is 3.46. The van der Waals surface area contributed by atoms with Crippen molar-refractivity contribution in [2.75, 3.05) is 39.3 Å². The van der Waals surface area contributed by atoms with Crippen LogP contribution >= 0.6 is 11.6 Å². The molecule has 0 spiro atoms. The summed E-state index contributed by atoms with van der Waals surface area (Å²) in [7, 11) is 4.99. The van der Waals surface area contributed by atoms with Gasteiger partial charge in [-0.3, -0.25) is 0 Å². The Morgan fingerprint density at radius 2 is 1.97 bits per heavy atom. The lowest BCUT2D eigenvalue weighted by Crippen LogP contribution is -2.24. The molecule has 0 bridgehead atoms. The SMILES string of the molecule is COCCN(C)c1nccc(-n2ccc3cc(Cc4ccc(Cl)cc4C(=O)OC)ccc32)n1. The van der Waals surface area contributed by atoms with E-state index in [9.17, 15) is 4.79 Å². The molecule has 4 aromatic rings. The Balaban J connectivity index is 1.62. The average Bonchev–Trinajstić information content (AvgIpc) is 3.26. The van der Waals surface area contributed by atoms with E-state index in [-0.39, 0.29) is 0 Å². The monoisotopic (exact) mass is 464 g/mol. The first kappa shape index (κ1) is 22.8. The van der Waals surface area contributed by atoms with Crippen molar-refractivity contribution in [3.05, 3.63) is 82.6 Å². The highest BCUT2D eigenvalue weighted by Crippen LogP contribution is 2.25. The minimum Gasteiger partial charge on any atom is -0.465 e. The van der Waals surface area contributed by atoms with Crippen LogP contribution in [0, 0.1) is 0 Å². The molecule has 2 heterocycles. The van der Waals surface area contributed by atoms with Crippen molar-refractivity contribution in [3.8, 4) is 5.82 Å². The molecule has 0 unspecified atom stereocenters. The van der Waals surface area contributed by atoms with Gasteiger partial charge in [0, 0.05) is 43.5 Å². The maximum absolute atomic E-state index is 12.2. The molecule has 8 heteroatoms. The van der Waals surface area contributed by atoms with Gasteiger partial charge in [-0.1, -0.05) is 23.7 Å². The second-order valence-electron chi connectivity index (χ2n) is 7.68. The van der Waals surface area contributed by atoms with Crippen molar-refractivity contribution in [2.45, 2.75) is 6.42 Å². The first-order valence-corrected chi connectivity index (χ1v) is 10.9. The number of anilines is 1. The van der Waals surface area contributed by atoms with Gasteiger partial charge in [0.15, 0.2) is 0 Å². The molecule has 0 radical (unpaired) electrons. The third-order valence-corrected chi connectivity index (χ3v) is 5.71. The molecule has 0 saturated carbocycles. The summed E-state index contributed by atoms with van der Waals surface area (Å²) in [6, 6.07) is 15.5. The summed E-state index contributed by atoms with van der Waals surface area (Å²) in [6.45, 7) is 1.30. The van der Waals surface area contributed by atoms with Crippen LogP contribution in [0.5, 0.6) is 0 Å². The van der Waals surface area contributed by atoms with E-state index < -0.39 is 5.97 Å².